The average Bonchev–Trinajstić information content (AvgIpc) is 3.07. The van der Waals surface area contributed by atoms with E-state index in [-0.39, 0.29) is 5.02 Å². The number of aryl methyl sites for hydroxylation is 1. The quantitative estimate of drug-likeness (QED) is 0.606. The Labute approximate surface area is 159 Å². The van der Waals surface area contributed by atoms with Gasteiger partial charge in [-0.1, -0.05) is 23.7 Å². The monoisotopic (exact) mass is 389 g/mol. The van der Waals surface area contributed by atoms with E-state index >= 15 is 0 Å². The van der Waals surface area contributed by atoms with E-state index in [1.54, 1.807) is 24.4 Å². The number of halogens is 2. The first-order valence-electron chi connectivity index (χ1n) is 8.10. The van der Waals surface area contributed by atoms with Gasteiger partial charge >= 0.3 is 5.69 Å². The summed E-state index contributed by atoms with van der Waals surface area (Å²) in [5, 5.41) is 12.6. The highest BCUT2D eigenvalue weighted by molar-refractivity contribution is 6.30. The van der Waals surface area contributed by atoms with Crippen LogP contribution < -0.4 is 11.0 Å². The Kier molecular flexibility index (Phi) is 6.00. The fourth-order valence-corrected chi connectivity index (χ4v) is 2.56. The number of nitrogens with one attached hydrogen (secondary N) is 2. The molecule has 0 radical (unpaired) electrons. The van der Waals surface area contributed by atoms with E-state index in [4.69, 9.17) is 16.3 Å². The summed E-state index contributed by atoms with van der Waals surface area (Å²) in [6.45, 7) is 2.55. The Morgan fingerprint density at radius 2 is 2.22 bits per heavy atom. The summed E-state index contributed by atoms with van der Waals surface area (Å²) in [6, 6.07) is 10.0. The van der Waals surface area contributed by atoms with E-state index < -0.39 is 11.5 Å². The van der Waals surface area contributed by atoms with Gasteiger partial charge in [-0.05, 0) is 59.5 Å². The highest BCUT2D eigenvalue weighted by Crippen LogP contribution is 2.19. The minimum absolute atomic E-state index is 0.0770. The molecule has 2 N–H and O–H groups in total. The van der Waals surface area contributed by atoms with Crippen molar-refractivity contribution in [1.29, 1.82) is 0 Å². The third-order valence-corrected chi connectivity index (χ3v) is 4.14. The molecule has 0 unspecified atom stereocenters. The van der Waals surface area contributed by atoms with Gasteiger partial charge < -0.3 is 10.1 Å². The number of anilines is 1. The number of hydrogen-bond acceptors (Lipinski definition) is 5. The van der Waals surface area contributed by atoms with Gasteiger partial charge in [0.25, 0.3) is 0 Å². The van der Waals surface area contributed by atoms with Gasteiger partial charge in [0.1, 0.15) is 5.82 Å². The SMILES string of the molecule is Cc1cccc(-n2nn[nH]c2=O)c1COCC=CNc1ccc(Cl)c(F)c1. The van der Waals surface area contributed by atoms with E-state index in [1.165, 1.54) is 16.8 Å². The van der Waals surface area contributed by atoms with Crippen LogP contribution in [0.4, 0.5) is 10.1 Å². The van der Waals surface area contributed by atoms with Gasteiger partial charge in [0, 0.05) is 11.3 Å². The third-order valence-electron chi connectivity index (χ3n) is 3.83. The maximum Gasteiger partial charge on any atom is 0.365 e. The first-order valence-corrected chi connectivity index (χ1v) is 8.47. The van der Waals surface area contributed by atoms with Crippen LogP contribution in [-0.2, 0) is 11.3 Å². The molecular formula is C18H17ClFN5O2. The van der Waals surface area contributed by atoms with Crippen molar-refractivity contribution in [3.63, 3.8) is 0 Å². The zero-order valence-electron chi connectivity index (χ0n) is 14.4. The predicted octanol–water partition coefficient (Wildman–Crippen LogP) is 3.20. The molecule has 7 nitrogen and oxygen atoms in total. The van der Waals surface area contributed by atoms with Crippen molar-refractivity contribution in [3.8, 4) is 5.69 Å². The number of aromatic amines is 1. The molecule has 1 aromatic heterocycles. The van der Waals surface area contributed by atoms with Crippen LogP contribution >= 0.6 is 11.6 Å². The van der Waals surface area contributed by atoms with Gasteiger partial charge in [0.15, 0.2) is 0 Å². The van der Waals surface area contributed by atoms with E-state index in [0.717, 1.165) is 11.1 Å². The number of rotatable bonds is 7. The lowest BCUT2D eigenvalue weighted by molar-refractivity contribution is 0.148. The second kappa shape index (κ2) is 8.61. The lowest BCUT2D eigenvalue weighted by Gasteiger charge is -2.11. The molecule has 0 bridgehead atoms. The minimum Gasteiger partial charge on any atom is -0.373 e. The topological polar surface area (TPSA) is 84.8 Å². The van der Waals surface area contributed by atoms with E-state index in [2.05, 4.69) is 20.8 Å². The zero-order valence-corrected chi connectivity index (χ0v) is 15.2. The number of benzene rings is 2. The molecule has 3 aromatic rings. The lowest BCUT2D eigenvalue weighted by atomic mass is 10.1. The molecule has 0 fully saturated rings. The fraction of sp³-hybridized carbons (Fsp3) is 0.167. The van der Waals surface area contributed by atoms with Gasteiger partial charge in [-0.2, -0.15) is 4.68 Å². The van der Waals surface area contributed by atoms with Gasteiger partial charge in [0.2, 0.25) is 0 Å². The van der Waals surface area contributed by atoms with E-state index in [0.29, 0.717) is 24.6 Å². The van der Waals surface area contributed by atoms with Crippen molar-refractivity contribution in [2.24, 2.45) is 0 Å². The van der Waals surface area contributed by atoms with Crippen LogP contribution in [-0.4, -0.2) is 26.8 Å². The number of tetrazole rings is 1. The Morgan fingerprint density at radius 1 is 1.37 bits per heavy atom. The molecule has 0 aliphatic carbocycles. The van der Waals surface area contributed by atoms with Crippen molar-refractivity contribution in [1.82, 2.24) is 20.2 Å². The molecule has 140 valence electrons. The molecule has 2 aromatic carbocycles. The molecule has 0 amide bonds. The van der Waals surface area contributed by atoms with Gasteiger partial charge in [-0.25, -0.2) is 14.3 Å². The minimum atomic E-state index is -0.485. The molecule has 0 aliphatic heterocycles. The molecule has 0 spiro atoms. The van der Waals surface area contributed by atoms with Crippen LogP contribution in [0.1, 0.15) is 11.1 Å². The largest absolute Gasteiger partial charge is 0.373 e. The fourth-order valence-electron chi connectivity index (χ4n) is 2.45. The highest BCUT2D eigenvalue weighted by Gasteiger charge is 2.11. The standard InChI is InChI=1S/C18H17ClFN5O2/c1-12-4-2-5-17(25-18(26)22-23-24-25)14(12)11-27-9-3-8-21-13-6-7-15(19)16(20)10-13/h2-8,10,21H,9,11H2,1H3,(H,22,24,26). The third kappa shape index (κ3) is 4.60. The molecule has 0 saturated heterocycles. The first kappa shape index (κ1) is 18.8. The van der Waals surface area contributed by atoms with E-state index in [1.807, 2.05) is 19.1 Å². The normalized spacial score (nSPS) is 11.2. The second-order valence-electron chi connectivity index (χ2n) is 5.68. The van der Waals surface area contributed by atoms with Crippen LogP contribution in [0.2, 0.25) is 5.02 Å². The van der Waals surface area contributed by atoms with Gasteiger partial charge in [0.05, 0.1) is 23.9 Å². The Morgan fingerprint density at radius 3 is 2.96 bits per heavy atom. The summed E-state index contributed by atoms with van der Waals surface area (Å²) in [4.78, 5) is 11.8. The average molecular weight is 390 g/mol. The summed E-state index contributed by atoms with van der Waals surface area (Å²) in [6.07, 6.45) is 3.41. The van der Waals surface area contributed by atoms with Crippen LogP contribution in [0.15, 0.2) is 53.5 Å². The molecule has 1 heterocycles. The predicted molar refractivity (Wildman–Crippen MR) is 101 cm³/mol. The molecule has 0 saturated carbocycles. The molecule has 0 atom stereocenters. The molecule has 3 rings (SSSR count). The Bertz CT molecular complexity index is 1010. The smallest absolute Gasteiger partial charge is 0.365 e. The molecule has 0 aliphatic rings. The summed E-state index contributed by atoms with van der Waals surface area (Å²) in [5.41, 5.74) is 2.60. The summed E-state index contributed by atoms with van der Waals surface area (Å²) >= 11 is 5.64. The molecular weight excluding hydrogens is 373 g/mol. The Hall–Kier alpha value is -2.97. The molecule has 27 heavy (non-hydrogen) atoms. The highest BCUT2D eigenvalue weighted by atomic mass is 35.5. The van der Waals surface area contributed by atoms with Crippen molar-refractivity contribution in [3.05, 3.63) is 81.1 Å². The van der Waals surface area contributed by atoms with Crippen LogP contribution in [0.5, 0.6) is 0 Å². The van der Waals surface area contributed by atoms with Gasteiger partial charge in [-0.3, -0.25) is 0 Å². The van der Waals surface area contributed by atoms with Crippen LogP contribution in [0.25, 0.3) is 5.69 Å². The maximum absolute atomic E-state index is 13.4. The maximum atomic E-state index is 13.4. The number of hydrogen-bond donors (Lipinski definition) is 2. The number of ether oxygens (including phenoxy) is 1. The molecule has 9 heteroatoms. The van der Waals surface area contributed by atoms with E-state index in [9.17, 15) is 9.18 Å². The summed E-state index contributed by atoms with van der Waals surface area (Å²) < 4.78 is 20.2. The summed E-state index contributed by atoms with van der Waals surface area (Å²) in [7, 11) is 0. The second-order valence-corrected chi connectivity index (χ2v) is 6.09. The Balaban J connectivity index is 1.59. The van der Waals surface area contributed by atoms with Crippen molar-refractivity contribution in [2.75, 3.05) is 11.9 Å². The number of H-pyrrole nitrogens is 1. The number of aromatic nitrogens is 4. The van der Waals surface area contributed by atoms with Crippen molar-refractivity contribution >= 4 is 17.3 Å². The van der Waals surface area contributed by atoms with Crippen molar-refractivity contribution < 1.29 is 9.13 Å². The van der Waals surface area contributed by atoms with Crippen molar-refractivity contribution in [2.45, 2.75) is 13.5 Å². The summed E-state index contributed by atoms with van der Waals surface area (Å²) in [5.74, 6) is -0.485. The first-order chi connectivity index (χ1) is 13.1. The van der Waals surface area contributed by atoms with Crippen LogP contribution in [0, 0.1) is 12.7 Å². The zero-order chi connectivity index (χ0) is 19.2. The number of nitrogens with zero attached hydrogens (tertiary/aromatic N) is 3. The van der Waals surface area contributed by atoms with Crippen LogP contribution in [0.3, 0.4) is 0 Å². The van der Waals surface area contributed by atoms with Gasteiger partial charge in [-0.15, -0.1) is 0 Å². The lowest BCUT2D eigenvalue weighted by Crippen LogP contribution is -2.18.